The molecule has 0 aliphatic rings. The highest BCUT2D eigenvalue weighted by Gasteiger charge is 2.11. The van der Waals surface area contributed by atoms with Crippen LogP contribution in [0.3, 0.4) is 0 Å². The Morgan fingerprint density at radius 1 is 1.17 bits per heavy atom. The van der Waals surface area contributed by atoms with Crippen molar-refractivity contribution >= 4 is 5.91 Å². The van der Waals surface area contributed by atoms with Gasteiger partial charge in [-0.1, -0.05) is 17.3 Å². The number of nitrogens with zero attached hydrogens (tertiary/aromatic N) is 3. The zero-order valence-corrected chi connectivity index (χ0v) is 12.3. The molecule has 0 saturated carbocycles. The fraction of sp³-hybridized carbons (Fsp3) is 0.0625. The predicted molar refractivity (Wildman–Crippen MR) is 80.6 cm³/mol. The average molecular weight is 330 g/mol. The van der Waals surface area contributed by atoms with Crippen molar-refractivity contribution in [2.45, 2.75) is 6.61 Å². The average Bonchev–Trinajstić information content (AvgIpc) is 3.05. The number of para-hydroxylation sites is 1. The number of hydrogen-bond donors (Lipinski definition) is 1. The minimum absolute atomic E-state index is 0.00378. The lowest BCUT2D eigenvalue weighted by atomic mass is 10.1. The van der Waals surface area contributed by atoms with Crippen LogP contribution in [0.1, 0.15) is 16.1 Å². The normalized spacial score (nSPS) is 10.6. The van der Waals surface area contributed by atoms with E-state index in [4.69, 9.17) is 10.5 Å². The van der Waals surface area contributed by atoms with Crippen molar-refractivity contribution in [2.75, 3.05) is 0 Å². The number of rotatable bonds is 5. The van der Waals surface area contributed by atoms with Crippen molar-refractivity contribution in [2.24, 2.45) is 5.73 Å². The first-order valence-electron chi connectivity index (χ1n) is 6.93. The highest BCUT2D eigenvalue weighted by Crippen LogP contribution is 2.17. The summed E-state index contributed by atoms with van der Waals surface area (Å²) in [5, 5.41) is 7.83. The molecule has 0 fully saturated rings. The van der Waals surface area contributed by atoms with Gasteiger partial charge in [0.05, 0.1) is 17.4 Å². The minimum Gasteiger partial charge on any atom is -0.487 e. The molecule has 1 heterocycles. The summed E-state index contributed by atoms with van der Waals surface area (Å²) < 4.78 is 32.7. The van der Waals surface area contributed by atoms with Gasteiger partial charge in [0.15, 0.2) is 11.6 Å². The third kappa shape index (κ3) is 3.22. The van der Waals surface area contributed by atoms with Crippen LogP contribution in [0.15, 0.2) is 48.7 Å². The quantitative estimate of drug-likeness (QED) is 0.777. The molecule has 0 saturated heterocycles. The number of primary amides is 1. The Bertz CT molecular complexity index is 895. The number of amides is 1. The summed E-state index contributed by atoms with van der Waals surface area (Å²) in [4.78, 5) is 11.4. The molecule has 6 nitrogen and oxygen atoms in total. The van der Waals surface area contributed by atoms with E-state index < -0.39 is 17.5 Å². The number of carbonyl (C=O) groups excluding carboxylic acids is 1. The zero-order chi connectivity index (χ0) is 17.1. The Morgan fingerprint density at radius 2 is 1.96 bits per heavy atom. The molecule has 24 heavy (non-hydrogen) atoms. The molecule has 1 amide bonds. The summed E-state index contributed by atoms with van der Waals surface area (Å²) >= 11 is 0. The van der Waals surface area contributed by atoms with Crippen molar-refractivity contribution in [1.29, 1.82) is 0 Å². The van der Waals surface area contributed by atoms with Crippen LogP contribution in [0.5, 0.6) is 5.75 Å². The first-order chi connectivity index (χ1) is 11.5. The molecule has 0 unspecified atom stereocenters. The Kier molecular flexibility index (Phi) is 4.19. The smallest absolute Gasteiger partial charge is 0.250 e. The lowest BCUT2D eigenvalue weighted by molar-refractivity contribution is 0.1000. The van der Waals surface area contributed by atoms with E-state index in [1.165, 1.54) is 10.7 Å². The van der Waals surface area contributed by atoms with E-state index in [1.807, 2.05) is 0 Å². The maximum atomic E-state index is 13.1. The second kappa shape index (κ2) is 6.45. The molecule has 3 rings (SSSR count). The number of ether oxygens (including phenoxy) is 1. The SMILES string of the molecule is NC(=O)c1ccccc1-n1cc(COc2ccc(F)c(F)c2)nn1. The van der Waals surface area contributed by atoms with Crippen LogP contribution in [0, 0.1) is 11.6 Å². The molecule has 0 radical (unpaired) electrons. The standard InChI is InChI=1S/C16H12F2N4O2/c17-13-6-5-11(7-14(13)18)24-9-10-8-22(21-20-10)15-4-2-1-3-12(15)16(19)23/h1-8H,9H2,(H2,19,23). The number of carbonyl (C=O) groups is 1. The van der Waals surface area contributed by atoms with Gasteiger partial charge in [0.1, 0.15) is 18.1 Å². The van der Waals surface area contributed by atoms with Gasteiger partial charge in [-0.25, -0.2) is 13.5 Å². The molecule has 0 spiro atoms. The van der Waals surface area contributed by atoms with Crippen molar-refractivity contribution in [1.82, 2.24) is 15.0 Å². The van der Waals surface area contributed by atoms with Crippen molar-refractivity contribution < 1.29 is 18.3 Å². The third-order valence-corrected chi connectivity index (χ3v) is 3.23. The third-order valence-electron chi connectivity index (χ3n) is 3.23. The molecule has 0 aliphatic carbocycles. The maximum absolute atomic E-state index is 13.1. The fourth-order valence-corrected chi connectivity index (χ4v) is 2.09. The van der Waals surface area contributed by atoms with Gasteiger partial charge in [0.25, 0.3) is 5.91 Å². The summed E-state index contributed by atoms with van der Waals surface area (Å²) in [6, 6.07) is 9.91. The van der Waals surface area contributed by atoms with E-state index in [9.17, 15) is 13.6 Å². The summed E-state index contributed by atoms with van der Waals surface area (Å²) in [5.74, 6) is -2.36. The van der Waals surface area contributed by atoms with Gasteiger partial charge in [-0.05, 0) is 24.3 Å². The zero-order valence-electron chi connectivity index (χ0n) is 12.3. The van der Waals surface area contributed by atoms with E-state index in [1.54, 1.807) is 30.5 Å². The second-order valence-corrected chi connectivity index (χ2v) is 4.90. The van der Waals surface area contributed by atoms with Gasteiger partial charge in [-0.2, -0.15) is 0 Å². The molecule has 0 atom stereocenters. The Balaban J connectivity index is 1.76. The summed E-state index contributed by atoms with van der Waals surface area (Å²) in [7, 11) is 0. The van der Waals surface area contributed by atoms with Crippen LogP contribution in [0.4, 0.5) is 8.78 Å². The number of hydrogen-bond acceptors (Lipinski definition) is 4. The van der Waals surface area contributed by atoms with Crippen molar-refractivity contribution in [3.8, 4) is 11.4 Å². The van der Waals surface area contributed by atoms with Gasteiger partial charge >= 0.3 is 0 Å². The number of benzene rings is 2. The van der Waals surface area contributed by atoms with Crippen LogP contribution in [-0.2, 0) is 6.61 Å². The lowest BCUT2D eigenvalue weighted by Crippen LogP contribution is -2.14. The number of nitrogens with two attached hydrogens (primary N) is 1. The molecule has 2 aromatic carbocycles. The molecule has 0 aliphatic heterocycles. The Labute approximate surface area is 135 Å². The Morgan fingerprint density at radius 3 is 2.71 bits per heavy atom. The molecule has 0 bridgehead atoms. The summed E-state index contributed by atoms with van der Waals surface area (Å²) in [6.07, 6.45) is 1.56. The predicted octanol–water partition coefficient (Wildman–Crippen LogP) is 2.22. The van der Waals surface area contributed by atoms with Crippen LogP contribution in [-0.4, -0.2) is 20.9 Å². The lowest BCUT2D eigenvalue weighted by Gasteiger charge is -2.05. The first-order valence-corrected chi connectivity index (χ1v) is 6.93. The highest BCUT2D eigenvalue weighted by atomic mass is 19.2. The molecule has 8 heteroatoms. The molecule has 2 N–H and O–H groups in total. The summed E-state index contributed by atoms with van der Waals surface area (Å²) in [5.41, 5.74) is 6.56. The molecular formula is C16H12F2N4O2. The van der Waals surface area contributed by atoms with E-state index >= 15 is 0 Å². The van der Waals surface area contributed by atoms with Gasteiger partial charge in [0.2, 0.25) is 0 Å². The van der Waals surface area contributed by atoms with Gasteiger partial charge in [0, 0.05) is 6.07 Å². The fourth-order valence-electron chi connectivity index (χ4n) is 2.09. The molecule has 3 aromatic rings. The monoisotopic (exact) mass is 330 g/mol. The summed E-state index contributed by atoms with van der Waals surface area (Å²) in [6.45, 7) is 0.00378. The maximum Gasteiger partial charge on any atom is 0.250 e. The largest absolute Gasteiger partial charge is 0.487 e. The van der Waals surface area contributed by atoms with Crippen molar-refractivity contribution in [3.63, 3.8) is 0 Å². The van der Waals surface area contributed by atoms with Crippen LogP contribution in [0.2, 0.25) is 0 Å². The van der Waals surface area contributed by atoms with E-state index in [0.717, 1.165) is 12.1 Å². The van der Waals surface area contributed by atoms with Gasteiger partial charge in [-0.15, -0.1) is 5.10 Å². The number of halogens is 2. The van der Waals surface area contributed by atoms with E-state index in [-0.39, 0.29) is 12.4 Å². The van der Waals surface area contributed by atoms with Crippen LogP contribution >= 0.6 is 0 Å². The van der Waals surface area contributed by atoms with Crippen LogP contribution < -0.4 is 10.5 Å². The van der Waals surface area contributed by atoms with Gasteiger partial charge < -0.3 is 10.5 Å². The minimum atomic E-state index is -0.994. The van der Waals surface area contributed by atoms with Crippen LogP contribution in [0.25, 0.3) is 5.69 Å². The molecular weight excluding hydrogens is 318 g/mol. The van der Waals surface area contributed by atoms with Crippen molar-refractivity contribution in [3.05, 3.63) is 71.6 Å². The second-order valence-electron chi connectivity index (χ2n) is 4.90. The Hall–Kier alpha value is -3.29. The first kappa shape index (κ1) is 15.6. The van der Waals surface area contributed by atoms with Gasteiger partial charge in [-0.3, -0.25) is 4.79 Å². The highest BCUT2D eigenvalue weighted by molar-refractivity contribution is 5.96. The molecule has 122 valence electrons. The van der Waals surface area contributed by atoms with E-state index in [0.29, 0.717) is 16.9 Å². The molecule has 1 aromatic heterocycles. The van der Waals surface area contributed by atoms with E-state index in [2.05, 4.69) is 10.3 Å². The topological polar surface area (TPSA) is 83.0 Å². The number of aromatic nitrogens is 3.